The maximum Gasteiger partial charge on any atom is 0.137 e. The second kappa shape index (κ2) is 6.27. The molecule has 0 fully saturated rings. The zero-order chi connectivity index (χ0) is 14.0. The Hall–Kier alpha value is -0.550. The molecular formula is C14H11Br2ClO2. The lowest BCUT2D eigenvalue weighted by Gasteiger charge is -2.15. The zero-order valence-corrected chi connectivity index (χ0v) is 14.0. The zero-order valence-electron chi connectivity index (χ0n) is 10.0. The van der Waals surface area contributed by atoms with Crippen LogP contribution in [-0.4, -0.2) is 12.2 Å². The molecule has 0 spiro atoms. The molecule has 2 nitrogen and oxygen atoms in total. The topological polar surface area (TPSA) is 29.5 Å². The lowest BCUT2D eigenvalue weighted by Crippen LogP contribution is -2.01. The minimum Gasteiger partial charge on any atom is -0.495 e. The van der Waals surface area contributed by atoms with Gasteiger partial charge in [-0.05, 0) is 35.9 Å². The quantitative estimate of drug-likeness (QED) is 0.781. The van der Waals surface area contributed by atoms with Gasteiger partial charge in [-0.2, -0.15) is 0 Å². The summed E-state index contributed by atoms with van der Waals surface area (Å²) in [6.45, 7) is 0. The summed E-state index contributed by atoms with van der Waals surface area (Å²) in [6, 6.07) is 10.9. The molecule has 100 valence electrons. The van der Waals surface area contributed by atoms with Gasteiger partial charge in [0.15, 0.2) is 0 Å². The van der Waals surface area contributed by atoms with Crippen molar-refractivity contribution in [2.45, 2.75) is 6.10 Å². The predicted octanol–water partition coefficient (Wildman–Crippen LogP) is 4.96. The van der Waals surface area contributed by atoms with Crippen LogP contribution in [0, 0.1) is 0 Å². The summed E-state index contributed by atoms with van der Waals surface area (Å²) < 4.78 is 6.85. The standard InChI is InChI=1S/C14H11Br2ClO2/c1-19-13-5-2-8(6-12(13)17)14(18)10-7-9(15)3-4-11(10)16/h2-7,14,18H,1H3. The summed E-state index contributed by atoms with van der Waals surface area (Å²) in [5.74, 6) is 0.589. The van der Waals surface area contributed by atoms with Crippen LogP contribution in [0.15, 0.2) is 45.3 Å². The molecule has 1 unspecified atom stereocenters. The van der Waals surface area contributed by atoms with Gasteiger partial charge < -0.3 is 9.84 Å². The van der Waals surface area contributed by atoms with Gasteiger partial charge in [-0.15, -0.1) is 0 Å². The highest BCUT2D eigenvalue weighted by atomic mass is 79.9. The van der Waals surface area contributed by atoms with E-state index in [4.69, 9.17) is 16.3 Å². The molecule has 0 aliphatic carbocycles. The van der Waals surface area contributed by atoms with E-state index >= 15 is 0 Å². The van der Waals surface area contributed by atoms with Crippen LogP contribution < -0.4 is 4.74 Å². The van der Waals surface area contributed by atoms with E-state index in [1.165, 1.54) is 0 Å². The number of rotatable bonds is 3. The van der Waals surface area contributed by atoms with Gasteiger partial charge in [-0.1, -0.05) is 49.5 Å². The average molecular weight is 407 g/mol. The Morgan fingerprint density at radius 1 is 1.16 bits per heavy atom. The summed E-state index contributed by atoms with van der Waals surface area (Å²) in [7, 11) is 1.56. The first kappa shape index (κ1) is 14.9. The van der Waals surface area contributed by atoms with Crippen LogP contribution in [0.2, 0.25) is 5.02 Å². The fourth-order valence-electron chi connectivity index (χ4n) is 1.76. The molecular weight excluding hydrogens is 395 g/mol. The maximum atomic E-state index is 10.4. The van der Waals surface area contributed by atoms with Gasteiger partial charge in [0.1, 0.15) is 11.9 Å². The monoisotopic (exact) mass is 404 g/mol. The second-order valence-electron chi connectivity index (χ2n) is 3.96. The van der Waals surface area contributed by atoms with Crippen molar-refractivity contribution in [1.82, 2.24) is 0 Å². The highest BCUT2D eigenvalue weighted by molar-refractivity contribution is 9.11. The largest absolute Gasteiger partial charge is 0.495 e. The third-order valence-corrected chi connectivity index (χ3v) is 4.26. The van der Waals surface area contributed by atoms with Gasteiger partial charge in [0.2, 0.25) is 0 Å². The van der Waals surface area contributed by atoms with Crippen molar-refractivity contribution in [2.75, 3.05) is 7.11 Å². The van der Waals surface area contributed by atoms with E-state index in [0.717, 1.165) is 14.5 Å². The van der Waals surface area contributed by atoms with Gasteiger partial charge in [-0.25, -0.2) is 0 Å². The number of aliphatic hydroxyl groups excluding tert-OH is 1. The van der Waals surface area contributed by atoms with Crippen molar-refractivity contribution in [1.29, 1.82) is 0 Å². The van der Waals surface area contributed by atoms with Crippen LogP contribution >= 0.6 is 43.5 Å². The number of benzene rings is 2. The summed E-state index contributed by atoms with van der Waals surface area (Å²) in [5, 5.41) is 10.9. The average Bonchev–Trinajstić information content (AvgIpc) is 2.40. The third-order valence-electron chi connectivity index (χ3n) is 2.74. The Labute approximate surface area is 133 Å². The van der Waals surface area contributed by atoms with E-state index in [1.807, 2.05) is 18.2 Å². The van der Waals surface area contributed by atoms with Gasteiger partial charge in [-0.3, -0.25) is 0 Å². The SMILES string of the molecule is COc1ccc(C(O)c2cc(Br)ccc2Br)cc1Cl. The fourth-order valence-corrected chi connectivity index (χ4v) is 2.86. The number of hydrogen-bond donors (Lipinski definition) is 1. The highest BCUT2D eigenvalue weighted by Gasteiger charge is 2.15. The minimum absolute atomic E-state index is 0.477. The molecule has 2 aromatic carbocycles. The molecule has 0 heterocycles. The molecule has 5 heteroatoms. The molecule has 2 rings (SSSR count). The van der Waals surface area contributed by atoms with Crippen molar-refractivity contribution >= 4 is 43.5 Å². The van der Waals surface area contributed by atoms with Crippen molar-refractivity contribution in [2.24, 2.45) is 0 Å². The molecule has 0 radical (unpaired) electrons. The summed E-state index contributed by atoms with van der Waals surface area (Å²) in [4.78, 5) is 0. The molecule has 0 amide bonds. The van der Waals surface area contributed by atoms with Crippen LogP contribution in [-0.2, 0) is 0 Å². The summed E-state index contributed by atoms with van der Waals surface area (Å²) >= 11 is 12.9. The normalized spacial score (nSPS) is 12.3. The van der Waals surface area contributed by atoms with Crippen LogP contribution in [0.1, 0.15) is 17.2 Å². The lowest BCUT2D eigenvalue weighted by molar-refractivity contribution is 0.219. The smallest absolute Gasteiger partial charge is 0.137 e. The molecule has 0 bridgehead atoms. The van der Waals surface area contributed by atoms with E-state index in [1.54, 1.807) is 25.3 Å². The van der Waals surface area contributed by atoms with Crippen LogP contribution in [0.25, 0.3) is 0 Å². The first-order valence-electron chi connectivity index (χ1n) is 5.49. The predicted molar refractivity (Wildman–Crippen MR) is 83.9 cm³/mol. The molecule has 2 aromatic rings. The number of methoxy groups -OCH3 is 1. The molecule has 1 atom stereocenters. The first-order valence-corrected chi connectivity index (χ1v) is 7.45. The minimum atomic E-state index is -0.754. The van der Waals surface area contributed by atoms with Gasteiger partial charge >= 0.3 is 0 Å². The van der Waals surface area contributed by atoms with E-state index in [0.29, 0.717) is 16.3 Å². The summed E-state index contributed by atoms with van der Waals surface area (Å²) in [5.41, 5.74) is 1.49. The first-order chi connectivity index (χ1) is 9.02. The Bertz CT molecular complexity index is 602. The van der Waals surface area contributed by atoms with Crippen LogP contribution in [0.3, 0.4) is 0 Å². The Kier molecular flexibility index (Phi) is 4.90. The van der Waals surface area contributed by atoms with E-state index in [9.17, 15) is 5.11 Å². The van der Waals surface area contributed by atoms with Crippen LogP contribution in [0.4, 0.5) is 0 Å². The summed E-state index contributed by atoms with van der Waals surface area (Å²) in [6.07, 6.45) is -0.754. The Balaban J connectivity index is 2.41. The van der Waals surface area contributed by atoms with Gasteiger partial charge in [0.05, 0.1) is 12.1 Å². The molecule has 0 aliphatic rings. The Morgan fingerprint density at radius 2 is 1.89 bits per heavy atom. The number of hydrogen-bond acceptors (Lipinski definition) is 2. The maximum absolute atomic E-state index is 10.4. The lowest BCUT2D eigenvalue weighted by atomic mass is 10.0. The number of aliphatic hydroxyl groups is 1. The van der Waals surface area contributed by atoms with Gasteiger partial charge in [0, 0.05) is 14.5 Å². The molecule has 0 saturated heterocycles. The number of halogens is 3. The van der Waals surface area contributed by atoms with E-state index < -0.39 is 6.10 Å². The van der Waals surface area contributed by atoms with E-state index in [-0.39, 0.29) is 0 Å². The van der Waals surface area contributed by atoms with Crippen molar-refractivity contribution in [3.63, 3.8) is 0 Å². The highest BCUT2D eigenvalue weighted by Crippen LogP contribution is 2.34. The third kappa shape index (κ3) is 3.31. The van der Waals surface area contributed by atoms with Crippen LogP contribution in [0.5, 0.6) is 5.75 Å². The van der Waals surface area contributed by atoms with E-state index in [2.05, 4.69) is 31.9 Å². The molecule has 0 saturated carbocycles. The number of ether oxygens (including phenoxy) is 1. The molecule has 0 aliphatic heterocycles. The van der Waals surface area contributed by atoms with Crippen molar-refractivity contribution < 1.29 is 9.84 Å². The molecule has 0 aromatic heterocycles. The van der Waals surface area contributed by atoms with Crippen molar-refractivity contribution in [3.8, 4) is 5.75 Å². The molecule has 19 heavy (non-hydrogen) atoms. The second-order valence-corrected chi connectivity index (χ2v) is 6.14. The molecule has 1 N–H and O–H groups in total. The Morgan fingerprint density at radius 3 is 2.53 bits per heavy atom. The fraction of sp³-hybridized carbons (Fsp3) is 0.143. The van der Waals surface area contributed by atoms with Crippen molar-refractivity contribution in [3.05, 3.63) is 61.5 Å². The van der Waals surface area contributed by atoms with Gasteiger partial charge in [0.25, 0.3) is 0 Å².